The van der Waals surface area contributed by atoms with Gasteiger partial charge in [-0.25, -0.2) is 0 Å². The average Bonchev–Trinajstić information content (AvgIpc) is 2.01. The summed E-state index contributed by atoms with van der Waals surface area (Å²) in [4.78, 5) is 0. The Balaban J connectivity index is 3.99. The Hall–Kier alpha value is -0.500. The third-order valence-electron chi connectivity index (χ3n) is 1.04. The maximum absolute atomic E-state index is 5.20. The molecule has 11 heavy (non-hydrogen) atoms. The molecule has 2 heteroatoms. The normalized spacial score (nSPS) is 13.0. The van der Waals surface area contributed by atoms with Gasteiger partial charge in [0, 0.05) is 4.48 Å². The summed E-state index contributed by atoms with van der Waals surface area (Å²) in [6.07, 6.45) is 5.53. The highest BCUT2D eigenvalue weighted by Crippen LogP contribution is 2.06. The smallest absolute Gasteiger partial charge is 0.0929 e. The van der Waals surface area contributed by atoms with Gasteiger partial charge < -0.3 is 4.74 Å². The first-order valence-electron chi connectivity index (χ1n) is 3.50. The zero-order chi connectivity index (χ0) is 8.69. The summed E-state index contributed by atoms with van der Waals surface area (Å²) in [5, 5.41) is 0. The lowest BCUT2D eigenvalue weighted by Gasteiger charge is -1.99. The van der Waals surface area contributed by atoms with E-state index in [0.29, 0.717) is 6.61 Å². The van der Waals surface area contributed by atoms with E-state index >= 15 is 0 Å². The summed E-state index contributed by atoms with van der Waals surface area (Å²) in [7, 11) is 0. The standard InChI is InChI=1S/C9H13BrO/c1-4-9(10)7-6-8(3)11-5-2/h4,6-7H,1,5H2,2-3H3/b8-6+,9-7+. The highest BCUT2D eigenvalue weighted by Gasteiger charge is 1.83. The van der Waals surface area contributed by atoms with E-state index in [0.717, 1.165) is 10.2 Å². The van der Waals surface area contributed by atoms with Gasteiger partial charge in [0.15, 0.2) is 0 Å². The van der Waals surface area contributed by atoms with Crippen LogP contribution in [0.15, 0.2) is 35.0 Å². The molecule has 0 bridgehead atoms. The number of hydrogen-bond acceptors (Lipinski definition) is 1. The maximum Gasteiger partial charge on any atom is 0.0929 e. The van der Waals surface area contributed by atoms with E-state index in [-0.39, 0.29) is 0 Å². The van der Waals surface area contributed by atoms with Crippen molar-refractivity contribution in [2.75, 3.05) is 6.61 Å². The van der Waals surface area contributed by atoms with Crippen LogP contribution in [0.25, 0.3) is 0 Å². The monoisotopic (exact) mass is 216 g/mol. The van der Waals surface area contributed by atoms with Gasteiger partial charge in [0.25, 0.3) is 0 Å². The lowest BCUT2D eigenvalue weighted by molar-refractivity contribution is 0.231. The molecule has 0 spiro atoms. The third-order valence-corrected chi connectivity index (χ3v) is 1.63. The minimum absolute atomic E-state index is 0.710. The number of ether oxygens (including phenoxy) is 1. The Kier molecular flexibility index (Phi) is 5.94. The Bertz CT molecular complexity index is 180. The molecule has 0 rings (SSSR count). The molecule has 0 fully saturated rings. The quantitative estimate of drug-likeness (QED) is 0.518. The van der Waals surface area contributed by atoms with Gasteiger partial charge in [0.2, 0.25) is 0 Å². The van der Waals surface area contributed by atoms with Crippen LogP contribution in [0, 0.1) is 0 Å². The van der Waals surface area contributed by atoms with Crippen LogP contribution in [-0.2, 0) is 4.74 Å². The van der Waals surface area contributed by atoms with Crippen LogP contribution >= 0.6 is 15.9 Å². The summed E-state index contributed by atoms with van der Waals surface area (Å²) >= 11 is 3.30. The van der Waals surface area contributed by atoms with Crippen molar-refractivity contribution in [3.8, 4) is 0 Å². The molecule has 0 aliphatic heterocycles. The highest BCUT2D eigenvalue weighted by atomic mass is 79.9. The molecule has 62 valence electrons. The van der Waals surface area contributed by atoms with E-state index in [1.807, 2.05) is 26.0 Å². The van der Waals surface area contributed by atoms with Crippen LogP contribution in [0.3, 0.4) is 0 Å². The van der Waals surface area contributed by atoms with Crippen LogP contribution in [0.2, 0.25) is 0 Å². The second kappa shape index (κ2) is 6.23. The second-order valence-corrected chi connectivity index (χ2v) is 2.88. The highest BCUT2D eigenvalue weighted by molar-refractivity contribution is 9.11. The summed E-state index contributed by atoms with van der Waals surface area (Å²) in [5.74, 6) is 0.909. The molecule has 0 radical (unpaired) electrons. The van der Waals surface area contributed by atoms with E-state index in [2.05, 4.69) is 22.5 Å². The minimum Gasteiger partial charge on any atom is -0.499 e. The fraction of sp³-hybridized carbons (Fsp3) is 0.333. The first kappa shape index (κ1) is 10.5. The molecule has 0 unspecified atom stereocenters. The van der Waals surface area contributed by atoms with Crippen LogP contribution in [-0.4, -0.2) is 6.61 Å². The molecule has 0 aromatic carbocycles. The lowest BCUT2D eigenvalue weighted by Crippen LogP contribution is -1.84. The molecule has 0 saturated heterocycles. The third kappa shape index (κ3) is 5.92. The molecule has 0 aromatic heterocycles. The molecular weight excluding hydrogens is 204 g/mol. The van der Waals surface area contributed by atoms with Gasteiger partial charge in [0.05, 0.1) is 12.4 Å². The molecule has 0 amide bonds. The molecule has 0 atom stereocenters. The van der Waals surface area contributed by atoms with E-state index in [1.54, 1.807) is 6.08 Å². The molecule has 0 heterocycles. The Morgan fingerprint density at radius 1 is 1.55 bits per heavy atom. The second-order valence-electron chi connectivity index (χ2n) is 1.97. The zero-order valence-electron chi connectivity index (χ0n) is 6.93. The van der Waals surface area contributed by atoms with Gasteiger partial charge in [0.1, 0.15) is 0 Å². The maximum atomic E-state index is 5.20. The molecular formula is C9H13BrO. The number of hydrogen-bond donors (Lipinski definition) is 0. The average molecular weight is 217 g/mol. The largest absolute Gasteiger partial charge is 0.499 e. The van der Waals surface area contributed by atoms with Gasteiger partial charge in [-0.2, -0.15) is 0 Å². The molecule has 0 N–H and O–H groups in total. The van der Waals surface area contributed by atoms with Gasteiger partial charge >= 0.3 is 0 Å². The first-order valence-corrected chi connectivity index (χ1v) is 4.29. The van der Waals surface area contributed by atoms with Crippen LogP contribution < -0.4 is 0 Å². The van der Waals surface area contributed by atoms with Crippen molar-refractivity contribution in [1.82, 2.24) is 0 Å². The van der Waals surface area contributed by atoms with Gasteiger partial charge in [-0.05, 0) is 26.0 Å². The molecule has 0 aliphatic carbocycles. The first-order chi connectivity index (χ1) is 5.20. The van der Waals surface area contributed by atoms with E-state index in [4.69, 9.17) is 4.74 Å². The van der Waals surface area contributed by atoms with Crippen molar-refractivity contribution in [3.63, 3.8) is 0 Å². The van der Waals surface area contributed by atoms with Crippen LogP contribution in [0.5, 0.6) is 0 Å². The predicted molar refractivity (Wildman–Crippen MR) is 52.6 cm³/mol. The van der Waals surface area contributed by atoms with Crippen LogP contribution in [0.1, 0.15) is 13.8 Å². The fourth-order valence-corrected chi connectivity index (χ4v) is 0.673. The van der Waals surface area contributed by atoms with Crippen molar-refractivity contribution in [2.45, 2.75) is 13.8 Å². The van der Waals surface area contributed by atoms with Gasteiger partial charge in [-0.15, -0.1) is 0 Å². The van der Waals surface area contributed by atoms with Crippen molar-refractivity contribution >= 4 is 15.9 Å². The Morgan fingerprint density at radius 2 is 2.18 bits per heavy atom. The minimum atomic E-state index is 0.710. The van der Waals surface area contributed by atoms with Crippen molar-refractivity contribution in [3.05, 3.63) is 35.0 Å². The van der Waals surface area contributed by atoms with E-state index in [1.165, 1.54) is 0 Å². The van der Waals surface area contributed by atoms with Gasteiger partial charge in [-0.3, -0.25) is 0 Å². The zero-order valence-corrected chi connectivity index (χ0v) is 8.52. The summed E-state index contributed by atoms with van der Waals surface area (Å²) in [6, 6.07) is 0. The fourth-order valence-electron chi connectivity index (χ4n) is 0.541. The van der Waals surface area contributed by atoms with Crippen molar-refractivity contribution < 1.29 is 4.74 Å². The SMILES string of the molecule is C=C/C(Br)=C\C=C(/C)OCC. The summed E-state index contributed by atoms with van der Waals surface area (Å²) in [5.41, 5.74) is 0. The Labute approximate surface area is 76.6 Å². The molecule has 0 aliphatic rings. The van der Waals surface area contributed by atoms with Crippen molar-refractivity contribution in [1.29, 1.82) is 0 Å². The van der Waals surface area contributed by atoms with E-state index in [9.17, 15) is 0 Å². The number of halogens is 1. The Morgan fingerprint density at radius 3 is 2.64 bits per heavy atom. The summed E-state index contributed by atoms with van der Waals surface area (Å²) in [6.45, 7) is 8.19. The summed E-state index contributed by atoms with van der Waals surface area (Å²) < 4.78 is 6.15. The number of rotatable bonds is 4. The predicted octanol–water partition coefficient (Wildman–Crippen LogP) is 3.39. The van der Waals surface area contributed by atoms with E-state index < -0.39 is 0 Å². The van der Waals surface area contributed by atoms with Crippen LogP contribution in [0.4, 0.5) is 0 Å². The topological polar surface area (TPSA) is 9.23 Å². The lowest BCUT2D eigenvalue weighted by atomic mass is 10.4. The molecule has 1 nitrogen and oxygen atoms in total. The number of allylic oxidation sites excluding steroid dienone is 5. The molecule has 0 aromatic rings. The van der Waals surface area contributed by atoms with Crippen molar-refractivity contribution in [2.24, 2.45) is 0 Å². The van der Waals surface area contributed by atoms with Gasteiger partial charge in [-0.1, -0.05) is 28.6 Å². The molecule has 0 saturated carbocycles.